The van der Waals surface area contributed by atoms with Crippen LogP contribution in [-0.4, -0.2) is 42.2 Å². The quantitative estimate of drug-likeness (QED) is 0.936. The van der Waals surface area contributed by atoms with E-state index in [0.29, 0.717) is 19.5 Å². The van der Waals surface area contributed by atoms with Crippen LogP contribution in [-0.2, 0) is 13.0 Å². The molecule has 3 rings (SSSR count). The predicted molar refractivity (Wildman–Crippen MR) is 79.4 cm³/mol. The van der Waals surface area contributed by atoms with E-state index in [9.17, 15) is 9.90 Å². The number of nitrogens with zero attached hydrogens (tertiary/aromatic N) is 5. The van der Waals surface area contributed by atoms with Crippen molar-refractivity contribution >= 4 is 6.09 Å². The van der Waals surface area contributed by atoms with Crippen LogP contribution < -0.4 is 0 Å². The number of aromatic nitrogens is 4. The van der Waals surface area contributed by atoms with Crippen LogP contribution in [0.1, 0.15) is 37.0 Å². The van der Waals surface area contributed by atoms with Crippen molar-refractivity contribution in [3.8, 4) is 0 Å². The zero-order valence-corrected chi connectivity index (χ0v) is 12.7. The molecule has 22 heavy (non-hydrogen) atoms. The van der Waals surface area contributed by atoms with Crippen LogP contribution >= 0.6 is 0 Å². The fourth-order valence-corrected chi connectivity index (χ4v) is 3.07. The Morgan fingerprint density at radius 2 is 2.23 bits per heavy atom. The van der Waals surface area contributed by atoms with E-state index in [2.05, 4.69) is 15.0 Å². The fourth-order valence-electron chi connectivity index (χ4n) is 3.07. The minimum Gasteiger partial charge on any atom is -0.465 e. The number of rotatable bonds is 3. The van der Waals surface area contributed by atoms with Gasteiger partial charge in [-0.2, -0.15) is 0 Å². The van der Waals surface area contributed by atoms with E-state index in [0.717, 1.165) is 17.1 Å². The van der Waals surface area contributed by atoms with E-state index in [-0.39, 0.29) is 12.0 Å². The molecular formula is C15H19N5O2. The van der Waals surface area contributed by atoms with Gasteiger partial charge in [-0.15, -0.1) is 0 Å². The molecule has 1 unspecified atom stereocenters. The summed E-state index contributed by atoms with van der Waals surface area (Å²) in [4.78, 5) is 25.8. The van der Waals surface area contributed by atoms with E-state index in [1.165, 1.54) is 4.90 Å². The zero-order chi connectivity index (χ0) is 15.7. The molecule has 7 nitrogen and oxygen atoms in total. The normalized spacial score (nSPS) is 17.6. The second-order valence-corrected chi connectivity index (χ2v) is 5.82. The van der Waals surface area contributed by atoms with Crippen LogP contribution in [0.25, 0.3) is 0 Å². The van der Waals surface area contributed by atoms with Gasteiger partial charge in [-0.25, -0.2) is 9.78 Å². The van der Waals surface area contributed by atoms with Crippen molar-refractivity contribution in [2.24, 2.45) is 5.92 Å². The van der Waals surface area contributed by atoms with Crippen molar-refractivity contribution in [3.63, 3.8) is 0 Å². The molecule has 7 heteroatoms. The van der Waals surface area contributed by atoms with Gasteiger partial charge in [0.1, 0.15) is 0 Å². The first-order valence-electron chi connectivity index (χ1n) is 7.36. The summed E-state index contributed by atoms with van der Waals surface area (Å²) >= 11 is 0. The van der Waals surface area contributed by atoms with Gasteiger partial charge in [-0.3, -0.25) is 14.9 Å². The van der Waals surface area contributed by atoms with Gasteiger partial charge in [0.2, 0.25) is 0 Å². The maximum absolute atomic E-state index is 11.4. The Bertz CT molecular complexity index is 668. The Morgan fingerprint density at radius 1 is 1.41 bits per heavy atom. The summed E-state index contributed by atoms with van der Waals surface area (Å²) < 4.78 is 2.05. The Kier molecular flexibility index (Phi) is 3.79. The minimum absolute atomic E-state index is 0.176. The molecule has 2 aromatic rings. The summed E-state index contributed by atoms with van der Waals surface area (Å²) in [5.74, 6) is 0.176. The average Bonchev–Trinajstić information content (AvgIpc) is 2.90. The van der Waals surface area contributed by atoms with Crippen LogP contribution in [0.4, 0.5) is 4.79 Å². The summed E-state index contributed by atoms with van der Waals surface area (Å²) in [6.45, 7) is 5.15. The molecule has 0 saturated heterocycles. The Hall–Kier alpha value is -2.44. The maximum Gasteiger partial charge on any atom is 0.407 e. The monoisotopic (exact) mass is 301 g/mol. The third-order valence-electron chi connectivity index (χ3n) is 4.01. The Labute approximate surface area is 128 Å². The van der Waals surface area contributed by atoms with Crippen molar-refractivity contribution in [2.75, 3.05) is 6.54 Å². The molecule has 1 amide bonds. The van der Waals surface area contributed by atoms with Crippen molar-refractivity contribution in [3.05, 3.63) is 42.0 Å². The summed E-state index contributed by atoms with van der Waals surface area (Å²) in [6.07, 6.45) is 6.62. The minimum atomic E-state index is -0.882. The molecule has 116 valence electrons. The van der Waals surface area contributed by atoms with Crippen molar-refractivity contribution < 1.29 is 9.90 Å². The number of hydrogen-bond acceptors (Lipinski definition) is 4. The van der Waals surface area contributed by atoms with Gasteiger partial charge in [-0.05, 0) is 5.92 Å². The highest BCUT2D eigenvalue weighted by Crippen LogP contribution is 2.34. The molecular weight excluding hydrogens is 282 g/mol. The number of fused-ring (bicyclic) bond motifs is 1. The number of amides is 1. The lowest BCUT2D eigenvalue weighted by molar-refractivity contribution is 0.102. The third-order valence-corrected chi connectivity index (χ3v) is 4.01. The molecule has 0 saturated carbocycles. The van der Waals surface area contributed by atoms with Gasteiger partial charge in [-0.1, -0.05) is 13.8 Å². The smallest absolute Gasteiger partial charge is 0.407 e. The first-order valence-corrected chi connectivity index (χ1v) is 7.36. The number of imidazole rings is 1. The standard InChI is InChI=1S/C15H19N5O2/c1-10(2)14-13-12(3-6-20(14)15(21)22)19(9-18-13)8-11-7-16-4-5-17-11/h4-5,7,9-10,14H,3,6,8H2,1-2H3,(H,21,22). The molecule has 0 spiro atoms. The highest BCUT2D eigenvalue weighted by atomic mass is 16.4. The van der Waals surface area contributed by atoms with Gasteiger partial charge in [0.05, 0.1) is 36.5 Å². The van der Waals surface area contributed by atoms with Crippen LogP contribution in [0.5, 0.6) is 0 Å². The van der Waals surface area contributed by atoms with Crippen molar-refractivity contribution in [1.29, 1.82) is 0 Å². The second kappa shape index (κ2) is 5.75. The largest absolute Gasteiger partial charge is 0.465 e. The van der Waals surface area contributed by atoms with Crippen LogP contribution in [0.15, 0.2) is 24.9 Å². The van der Waals surface area contributed by atoms with Gasteiger partial charge in [0.25, 0.3) is 0 Å². The highest BCUT2D eigenvalue weighted by Gasteiger charge is 2.35. The molecule has 0 radical (unpaired) electrons. The molecule has 3 heterocycles. The highest BCUT2D eigenvalue weighted by molar-refractivity contribution is 5.66. The fraction of sp³-hybridized carbons (Fsp3) is 0.467. The van der Waals surface area contributed by atoms with Crippen molar-refractivity contribution in [2.45, 2.75) is 32.9 Å². The zero-order valence-electron chi connectivity index (χ0n) is 12.7. The topological polar surface area (TPSA) is 84.1 Å². The van der Waals surface area contributed by atoms with Gasteiger partial charge >= 0.3 is 6.09 Å². The van der Waals surface area contributed by atoms with E-state index in [1.807, 2.05) is 18.4 Å². The first kappa shape index (κ1) is 14.5. The van der Waals surface area contributed by atoms with E-state index in [4.69, 9.17) is 0 Å². The molecule has 1 aliphatic rings. The molecule has 0 aromatic carbocycles. The maximum atomic E-state index is 11.4. The summed E-state index contributed by atoms with van der Waals surface area (Å²) in [6, 6.07) is -0.190. The van der Waals surface area contributed by atoms with Gasteiger partial charge in [0, 0.05) is 31.1 Å². The first-order chi connectivity index (χ1) is 10.6. The predicted octanol–water partition coefficient (Wildman–Crippen LogP) is 1.95. The molecule has 0 fully saturated rings. The molecule has 1 N–H and O–H groups in total. The molecule has 2 aromatic heterocycles. The van der Waals surface area contributed by atoms with Crippen molar-refractivity contribution in [1.82, 2.24) is 24.4 Å². The van der Waals surface area contributed by atoms with Crippen LogP contribution in [0.3, 0.4) is 0 Å². The second-order valence-electron chi connectivity index (χ2n) is 5.82. The summed E-state index contributed by atoms with van der Waals surface area (Å²) in [5.41, 5.74) is 2.83. The lowest BCUT2D eigenvalue weighted by atomic mass is 9.93. The van der Waals surface area contributed by atoms with E-state index in [1.54, 1.807) is 24.9 Å². The Morgan fingerprint density at radius 3 is 2.86 bits per heavy atom. The summed E-state index contributed by atoms with van der Waals surface area (Å²) in [5, 5.41) is 9.40. The number of carboxylic acid groups (broad SMARTS) is 1. The average molecular weight is 301 g/mol. The molecule has 0 bridgehead atoms. The molecule has 1 aliphatic heterocycles. The van der Waals surface area contributed by atoms with Crippen LogP contribution in [0, 0.1) is 5.92 Å². The lowest BCUT2D eigenvalue weighted by Crippen LogP contribution is -2.42. The number of carbonyl (C=O) groups is 1. The third kappa shape index (κ3) is 2.54. The molecule has 0 aliphatic carbocycles. The summed E-state index contributed by atoms with van der Waals surface area (Å²) in [7, 11) is 0. The van der Waals surface area contributed by atoms with Gasteiger partial charge in [0.15, 0.2) is 0 Å². The van der Waals surface area contributed by atoms with Crippen LogP contribution in [0.2, 0.25) is 0 Å². The Balaban J connectivity index is 1.93. The van der Waals surface area contributed by atoms with E-state index >= 15 is 0 Å². The SMILES string of the molecule is CC(C)C1c2ncn(Cc3cnccn3)c2CCN1C(=O)O. The van der Waals surface area contributed by atoms with E-state index < -0.39 is 6.09 Å². The molecule has 1 atom stereocenters. The number of hydrogen-bond donors (Lipinski definition) is 1. The lowest BCUT2D eigenvalue weighted by Gasteiger charge is -2.35. The van der Waals surface area contributed by atoms with Gasteiger partial charge < -0.3 is 9.67 Å².